The first kappa shape index (κ1) is 9.08. The molecular weight excluding hydrogens is 210 g/mol. The summed E-state index contributed by atoms with van der Waals surface area (Å²) in [7, 11) is -3.36. The van der Waals surface area contributed by atoms with E-state index in [1.165, 1.54) is 6.21 Å². The lowest BCUT2D eigenvalue weighted by molar-refractivity contribution is 0.205. The first-order chi connectivity index (χ1) is 6.16. The van der Waals surface area contributed by atoms with Gasteiger partial charge in [-0.3, -0.25) is 0 Å². The molecule has 2 aliphatic heterocycles. The lowest BCUT2D eigenvalue weighted by atomic mass is 10.4. The third-order valence-corrected chi connectivity index (χ3v) is 3.90. The lowest BCUT2D eigenvalue weighted by Crippen LogP contribution is -2.03. The van der Waals surface area contributed by atoms with Gasteiger partial charge in [-0.15, -0.1) is 11.8 Å². The molecule has 0 radical (unpaired) electrons. The Hall–Kier alpha value is -0.490. The molecule has 1 fully saturated rings. The molecule has 1 unspecified atom stereocenters. The van der Waals surface area contributed by atoms with Crippen molar-refractivity contribution >= 4 is 28.0 Å². The Morgan fingerprint density at radius 2 is 2.46 bits per heavy atom. The largest absolute Gasteiger partial charge is 0.477 e. The highest BCUT2D eigenvalue weighted by Crippen LogP contribution is 2.29. The van der Waals surface area contributed by atoms with Crippen LogP contribution in [0.2, 0.25) is 0 Å². The van der Waals surface area contributed by atoms with Crippen LogP contribution in [0.3, 0.4) is 0 Å². The molecule has 1 atom stereocenters. The Bertz CT molecular complexity index is 352. The van der Waals surface area contributed by atoms with Crippen molar-refractivity contribution in [1.29, 1.82) is 0 Å². The molecule has 6 heteroatoms. The number of allylic oxidation sites excluding steroid dienone is 1. The second kappa shape index (κ2) is 3.34. The number of hydrogen-bond acceptors (Lipinski definition) is 4. The van der Waals surface area contributed by atoms with Gasteiger partial charge in [0.15, 0.2) is 5.76 Å². The van der Waals surface area contributed by atoms with E-state index in [4.69, 9.17) is 4.74 Å². The van der Waals surface area contributed by atoms with Crippen molar-refractivity contribution < 1.29 is 13.2 Å². The summed E-state index contributed by atoms with van der Waals surface area (Å²) in [6, 6.07) is 0. The van der Waals surface area contributed by atoms with Crippen molar-refractivity contribution in [2.75, 3.05) is 5.75 Å². The van der Waals surface area contributed by atoms with E-state index in [0.717, 1.165) is 24.0 Å². The Kier molecular flexibility index (Phi) is 2.33. The molecule has 0 aromatic heterocycles. The molecule has 0 bridgehead atoms. The molecule has 0 aromatic carbocycles. The van der Waals surface area contributed by atoms with Gasteiger partial charge in [0.05, 0.1) is 11.6 Å². The normalized spacial score (nSPS) is 30.5. The van der Waals surface area contributed by atoms with Crippen LogP contribution in [-0.4, -0.2) is 25.8 Å². The maximum absolute atomic E-state index is 10.9. The zero-order chi connectivity index (χ0) is 9.31. The fourth-order valence-electron chi connectivity index (χ4n) is 1.18. The summed E-state index contributed by atoms with van der Waals surface area (Å²) in [6.45, 7) is 0. The van der Waals surface area contributed by atoms with E-state index >= 15 is 0 Å². The maximum Gasteiger partial charge on any atom is 0.279 e. The molecule has 13 heavy (non-hydrogen) atoms. The van der Waals surface area contributed by atoms with Crippen molar-refractivity contribution in [3.8, 4) is 0 Å². The van der Waals surface area contributed by atoms with Gasteiger partial charge < -0.3 is 4.74 Å². The van der Waals surface area contributed by atoms with Gasteiger partial charge in [0.25, 0.3) is 10.0 Å². The van der Waals surface area contributed by atoms with Crippen LogP contribution < -0.4 is 0 Å². The predicted octanol–water partition coefficient (Wildman–Crippen LogP) is 1.11. The van der Waals surface area contributed by atoms with Crippen molar-refractivity contribution in [3.63, 3.8) is 0 Å². The van der Waals surface area contributed by atoms with Crippen molar-refractivity contribution in [1.82, 2.24) is 0 Å². The van der Waals surface area contributed by atoms with E-state index < -0.39 is 10.0 Å². The van der Waals surface area contributed by atoms with Crippen LogP contribution >= 0.6 is 11.8 Å². The van der Waals surface area contributed by atoms with Crippen LogP contribution in [0.4, 0.5) is 0 Å². The van der Waals surface area contributed by atoms with Crippen LogP contribution in [0.25, 0.3) is 0 Å². The van der Waals surface area contributed by atoms with Gasteiger partial charge in [0.2, 0.25) is 0 Å². The summed E-state index contributed by atoms with van der Waals surface area (Å²) in [5.74, 6) is 1.45. The minimum absolute atomic E-state index is 0.103. The molecule has 0 aromatic rings. The second-order valence-corrected chi connectivity index (χ2v) is 5.57. The van der Waals surface area contributed by atoms with Crippen molar-refractivity contribution in [2.45, 2.75) is 18.3 Å². The van der Waals surface area contributed by atoms with Crippen LogP contribution in [0.1, 0.15) is 12.8 Å². The second-order valence-electron chi connectivity index (χ2n) is 2.83. The van der Waals surface area contributed by atoms with Crippen molar-refractivity contribution in [2.24, 2.45) is 4.40 Å². The van der Waals surface area contributed by atoms with E-state index in [1.807, 2.05) is 0 Å². The highest BCUT2D eigenvalue weighted by atomic mass is 32.2. The third-order valence-electron chi connectivity index (χ3n) is 1.75. The Morgan fingerprint density at radius 1 is 1.62 bits per heavy atom. The quantitative estimate of drug-likeness (QED) is 0.698. The molecule has 0 spiro atoms. The van der Waals surface area contributed by atoms with Crippen LogP contribution in [-0.2, 0) is 14.8 Å². The maximum atomic E-state index is 10.9. The average Bonchev–Trinajstić information content (AvgIpc) is 2.61. The highest BCUT2D eigenvalue weighted by molar-refractivity contribution is 8.00. The minimum atomic E-state index is -3.36. The molecule has 1 saturated heterocycles. The molecule has 72 valence electrons. The van der Waals surface area contributed by atoms with E-state index in [9.17, 15) is 8.42 Å². The number of hydrogen-bond donors (Lipinski definition) is 0. The summed E-state index contributed by atoms with van der Waals surface area (Å²) in [6.07, 6.45) is 3.37. The topological polar surface area (TPSA) is 55.7 Å². The minimum Gasteiger partial charge on any atom is -0.477 e. The fraction of sp³-hybridized carbons (Fsp3) is 0.571. The van der Waals surface area contributed by atoms with Crippen LogP contribution in [0.15, 0.2) is 15.6 Å². The van der Waals surface area contributed by atoms with Gasteiger partial charge in [-0.2, -0.15) is 12.8 Å². The first-order valence-corrected chi connectivity index (χ1v) is 6.51. The van der Waals surface area contributed by atoms with Gasteiger partial charge in [0.1, 0.15) is 5.44 Å². The zero-order valence-corrected chi connectivity index (χ0v) is 8.47. The molecule has 2 rings (SSSR count). The van der Waals surface area contributed by atoms with Gasteiger partial charge in [-0.1, -0.05) is 0 Å². The number of rotatable bonds is 2. The number of sulfonamides is 1. The smallest absolute Gasteiger partial charge is 0.279 e. The van der Waals surface area contributed by atoms with Gasteiger partial charge in [0, 0.05) is 0 Å². The van der Waals surface area contributed by atoms with E-state index in [-0.39, 0.29) is 5.44 Å². The Morgan fingerprint density at radius 3 is 3.00 bits per heavy atom. The van der Waals surface area contributed by atoms with Crippen LogP contribution in [0, 0.1) is 0 Å². The van der Waals surface area contributed by atoms with Crippen molar-refractivity contribution in [3.05, 3.63) is 11.2 Å². The molecular formula is C7H9NO3S2. The summed E-state index contributed by atoms with van der Waals surface area (Å²) >= 11 is 1.71. The highest BCUT2D eigenvalue weighted by Gasteiger charge is 2.21. The summed E-state index contributed by atoms with van der Waals surface area (Å²) in [5, 5.41) is 1.06. The van der Waals surface area contributed by atoms with Gasteiger partial charge in [-0.25, -0.2) is 0 Å². The van der Waals surface area contributed by atoms with E-state index in [1.54, 1.807) is 11.8 Å². The van der Waals surface area contributed by atoms with Gasteiger partial charge >= 0.3 is 0 Å². The molecule has 0 saturated carbocycles. The molecule has 0 aliphatic carbocycles. The van der Waals surface area contributed by atoms with Crippen LogP contribution in [0.5, 0.6) is 0 Å². The lowest BCUT2D eigenvalue weighted by Gasteiger charge is -2.09. The molecule has 0 amide bonds. The van der Waals surface area contributed by atoms with Gasteiger partial charge in [-0.05, 0) is 18.6 Å². The summed E-state index contributed by atoms with van der Waals surface area (Å²) in [4.78, 5) is 0. The number of nitrogens with zero attached hydrogens (tertiary/aromatic N) is 1. The first-order valence-electron chi connectivity index (χ1n) is 3.96. The molecule has 0 N–H and O–H groups in total. The van der Waals surface area contributed by atoms with E-state index in [0.29, 0.717) is 5.76 Å². The zero-order valence-electron chi connectivity index (χ0n) is 6.84. The van der Waals surface area contributed by atoms with E-state index in [2.05, 4.69) is 4.40 Å². The SMILES string of the molecule is O=S1(=O)C=C(OC2CCCS2)C=N1. The monoisotopic (exact) mass is 219 g/mol. The Balaban J connectivity index is 2.00. The Labute approximate surface area is 81.1 Å². The standard InChI is InChI=1S/C7H9NO3S2/c9-13(10)5-6(4-8-13)11-7-2-1-3-12-7/h4-5,7H,1-3H2. The molecule has 4 nitrogen and oxygen atoms in total. The average molecular weight is 219 g/mol. The molecule has 2 heterocycles. The fourth-order valence-corrected chi connectivity index (χ4v) is 3.01. The number of ether oxygens (including phenoxy) is 1. The third kappa shape index (κ3) is 2.25. The predicted molar refractivity (Wildman–Crippen MR) is 52.1 cm³/mol. The summed E-state index contributed by atoms with van der Waals surface area (Å²) < 4.78 is 30.4. The molecule has 2 aliphatic rings. The summed E-state index contributed by atoms with van der Waals surface area (Å²) in [5.41, 5.74) is 0.103. The number of thioether (sulfide) groups is 1.